The maximum Gasteiger partial charge on any atom is 0.157 e. The maximum atomic E-state index is 11.6. The van der Waals surface area contributed by atoms with Gasteiger partial charge in [-0.3, -0.25) is 4.98 Å². The number of rotatable bonds is 4. The molecule has 0 aromatic carbocycles. The minimum absolute atomic E-state index is 0.228. The van der Waals surface area contributed by atoms with Gasteiger partial charge in [-0.2, -0.15) is 0 Å². The number of sulfone groups is 1. The third kappa shape index (κ3) is 3.87. The highest BCUT2D eigenvalue weighted by Gasteiger charge is 2.24. The van der Waals surface area contributed by atoms with Crippen molar-refractivity contribution < 1.29 is 8.42 Å². The first-order chi connectivity index (χ1) is 12.9. The molecular weight excluding hydrogens is 364 g/mol. The molecule has 0 amide bonds. The molecule has 0 atom stereocenters. The first-order valence-electron chi connectivity index (χ1n) is 8.87. The van der Waals surface area contributed by atoms with Gasteiger partial charge in [-0.1, -0.05) is 0 Å². The second-order valence-corrected chi connectivity index (χ2v) is 9.32. The standard InChI is InChI=1S/C18H22N6O2S/c1-27(25,26)12-13-3-6-23(7-4-13)16-2-5-20-10-15(16)14-9-21-18-8-17(19)22-24(18)11-14/h2,5,8-11,13H,3-4,6-7,12H2,1H3,(H2,19,22). The predicted molar refractivity (Wildman–Crippen MR) is 105 cm³/mol. The van der Waals surface area contributed by atoms with Gasteiger partial charge in [-0.25, -0.2) is 17.9 Å². The molecule has 0 spiro atoms. The number of pyridine rings is 1. The number of fused-ring (bicyclic) bond motifs is 1. The van der Waals surface area contributed by atoms with Crippen LogP contribution in [0.2, 0.25) is 0 Å². The number of nitrogens with zero attached hydrogens (tertiary/aromatic N) is 5. The Morgan fingerprint density at radius 3 is 2.78 bits per heavy atom. The summed E-state index contributed by atoms with van der Waals surface area (Å²) in [5.41, 5.74) is 9.40. The Balaban J connectivity index is 1.60. The lowest BCUT2D eigenvalue weighted by molar-refractivity contribution is 0.436. The van der Waals surface area contributed by atoms with E-state index in [4.69, 9.17) is 5.73 Å². The molecule has 142 valence electrons. The van der Waals surface area contributed by atoms with Crippen molar-refractivity contribution in [2.24, 2.45) is 5.92 Å². The second kappa shape index (κ2) is 6.80. The summed E-state index contributed by atoms with van der Waals surface area (Å²) in [6, 6.07) is 3.72. The summed E-state index contributed by atoms with van der Waals surface area (Å²) in [5, 5.41) is 4.23. The SMILES string of the molecule is CS(=O)(=O)CC1CCN(c2ccncc2-c2cnc3cc(N)nn3c2)CC1. The third-order valence-electron chi connectivity index (χ3n) is 4.93. The van der Waals surface area contributed by atoms with E-state index in [2.05, 4.69) is 20.0 Å². The third-order valence-corrected chi connectivity index (χ3v) is 6.01. The maximum absolute atomic E-state index is 11.6. The molecule has 1 aliphatic heterocycles. The van der Waals surface area contributed by atoms with E-state index in [0.717, 1.165) is 42.7 Å². The van der Waals surface area contributed by atoms with Gasteiger partial charge in [0.1, 0.15) is 15.7 Å². The lowest BCUT2D eigenvalue weighted by atomic mass is 9.97. The minimum atomic E-state index is -2.93. The summed E-state index contributed by atoms with van der Waals surface area (Å²) in [7, 11) is -2.93. The summed E-state index contributed by atoms with van der Waals surface area (Å²) in [5.74, 6) is 0.927. The van der Waals surface area contributed by atoms with Crippen LogP contribution in [0.5, 0.6) is 0 Å². The van der Waals surface area contributed by atoms with Crippen LogP contribution in [0.4, 0.5) is 11.5 Å². The molecule has 2 N–H and O–H groups in total. The average molecular weight is 386 g/mol. The Morgan fingerprint density at radius 1 is 1.26 bits per heavy atom. The lowest BCUT2D eigenvalue weighted by Crippen LogP contribution is -2.36. The van der Waals surface area contributed by atoms with Gasteiger partial charge < -0.3 is 10.6 Å². The van der Waals surface area contributed by atoms with Crippen LogP contribution in [0.15, 0.2) is 36.9 Å². The largest absolute Gasteiger partial charge is 0.382 e. The number of anilines is 2. The highest BCUT2D eigenvalue weighted by Crippen LogP contribution is 2.32. The van der Waals surface area contributed by atoms with E-state index >= 15 is 0 Å². The van der Waals surface area contributed by atoms with Crippen LogP contribution in [-0.2, 0) is 9.84 Å². The normalized spacial score (nSPS) is 16.1. The Kier molecular flexibility index (Phi) is 4.47. The monoisotopic (exact) mass is 386 g/mol. The van der Waals surface area contributed by atoms with Gasteiger partial charge in [-0.05, 0) is 24.8 Å². The van der Waals surface area contributed by atoms with Crippen LogP contribution >= 0.6 is 0 Å². The van der Waals surface area contributed by atoms with E-state index in [0.29, 0.717) is 11.5 Å². The zero-order chi connectivity index (χ0) is 19.0. The molecule has 4 heterocycles. The molecule has 0 unspecified atom stereocenters. The molecule has 9 heteroatoms. The van der Waals surface area contributed by atoms with E-state index in [1.807, 2.05) is 18.5 Å². The topological polar surface area (TPSA) is 106 Å². The fourth-order valence-corrected chi connectivity index (χ4v) is 4.88. The fourth-order valence-electron chi connectivity index (χ4n) is 3.69. The molecule has 8 nitrogen and oxygen atoms in total. The molecule has 1 saturated heterocycles. The van der Waals surface area contributed by atoms with Crippen LogP contribution in [-0.4, -0.2) is 53.1 Å². The first-order valence-corrected chi connectivity index (χ1v) is 10.9. The van der Waals surface area contributed by atoms with E-state index in [9.17, 15) is 8.42 Å². The minimum Gasteiger partial charge on any atom is -0.382 e. The smallest absolute Gasteiger partial charge is 0.157 e. The van der Waals surface area contributed by atoms with Crippen molar-refractivity contribution in [3.05, 3.63) is 36.9 Å². The zero-order valence-corrected chi connectivity index (χ0v) is 15.9. The quantitative estimate of drug-likeness (QED) is 0.726. The van der Waals surface area contributed by atoms with E-state index in [-0.39, 0.29) is 11.7 Å². The average Bonchev–Trinajstić information content (AvgIpc) is 3.00. The first kappa shape index (κ1) is 17.7. The van der Waals surface area contributed by atoms with Gasteiger partial charge >= 0.3 is 0 Å². The molecule has 0 saturated carbocycles. The van der Waals surface area contributed by atoms with Crippen molar-refractivity contribution >= 4 is 27.0 Å². The summed E-state index contributed by atoms with van der Waals surface area (Å²) < 4.78 is 24.8. The summed E-state index contributed by atoms with van der Waals surface area (Å²) in [6.07, 6.45) is 10.3. The molecule has 27 heavy (non-hydrogen) atoms. The number of piperidine rings is 1. The molecule has 0 aliphatic carbocycles. The number of nitrogens with two attached hydrogens (primary N) is 1. The van der Waals surface area contributed by atoms with Crippen LogP contribution in [0.1, 0.15) is 12.8 Å². The van der Waals surface area contributed by atoms with Crippen LogP contribution in [0.25, 0.3) is 16.8 Å². The summed E-state index contributed by atoms with van der Waals surface area (Å²) >= 11 is 0. The molecular formula is C18H22N6O2S. The highest BCUT2D eigenvalue weighted by atomic mass is 32.2. The van der Waals surface area contributed by atoms with Gasteiger partial charge in [-0.15, -0.1) is 5.10 Å². The van der Waals surface area contributed by atoms with E-state index < -0.39 is 9.84 Å². The van der Waals surface area contributed by atoms with Crippen molar-refractivity contribution in [3.8, 4) is 11.1 Å². The van der Waals surface area contributed by atoms with Gasteiger partial charge in [0.25, 0.3) is 0 Å². The molecule has 0 bridgehead atoms. The molecule has 3 aromatic rings. The van der Waals surface area contributed by atoms with Crippen molar-refractivity contribution in [2.45, 2.75) is 12.8 Å². The number of hydrogen-bond donors (Lipinski definition) is 1. The van der Waals surface area contributed by atoms with Crippen LogP contribution in [0.3, 0.4) is 0 Å². The van der Waals surface area contributed by atoms with Crippen LogP contribution < -0.4 is 10.6 Å². The van der Waals surface area contributed by atoms with E-state index in [1.165, 1.54) is 6.26 Å². The van der Waals surface area contributed by atoms with Crippen LogP contribution in [0, 0.1) is 5.92 Å². The second-order valence-electron chi connectivity index (χ2n) is 7.13. The van der Waals surface area contributed by atoms with E-state index in [1.54, 1.807) is 23.0 Å². The number of hydrogen-bond acceptors (Lipinski definition) is 7. The number of aromatic nitrogens is 4. The van der Waals surface area contributed by atoms with Gasteiger partial charge in [0, 0.05) is 67.0 Å². The Bertz CT molecular complexity index is 1070. The van der Waals surface area contributed by atoms with Gasteiger partial charge in [0.05, 0.1) is 5.75 Å². The molecule has 4 rings (SSSR count). The lowest BCUT2D eigenvalue weighted by Gasteiger charge is -2.34. The van der Waals surface area contributed by atoms with Crippen molar-refractivity contribution in [3.63, 3.8) is 0 Å². The van der Waals surface area contributed by atoms with Crippen molar-refractivity contribution in [2.75, 3.05) is 35.7 Å². The highest BCUT2D eigenvalue weighted by molar-refractivity contribution is 7.90. The Hall–Kier alpha value is -2.68. The number of nitrogen functional groups attached to an aromatic ring is 1. The van der Waals surface area contributed by atoms with Crippen molar-refractivity contribution in [1.82, 2.24) is 19.6 Å². The van der Waals surface area contributed by atoms with Gasteiger partial charge in [0.15, 0.2) is 5.65 Å². The molecule has 0 radical (unpaired) electrons. The Labute approximate surface area is 158 Å². The summed E-state index contributed by atoms with van der Waals surface area (Å²) in [6.45, 7) is 1.64. The summed E-state index contributed by atoms with van der Waals surface area (Å²) in [4.78, 5) is 11.0. The van der Waals surface area contributed by atoms with Crippen molar-refractivity contribution in [1.29, 1.82) is 0 Å². The molecule has 3 aromatic heterocycles. The fraction of sp³-hybridized carbons (Fsp3) is 0.389. The predicted octanol–water partition coefficient (Wildman–Crippen LogP) is 1.63. The van der Waals surface area contributed by atoms with Gasteiger partial charge in [0.2, 0.25) is 0 Å². The Morgan fingerprint density at radius 2 is 2.04 bits per heavy atom. The molecule has 1 aliphatic rings. The zero-order valence-electron chi connectivity index (χ0n) is 15.1. The molecule has 1 fully saturated rings.